The van der Waals surface area contributed by atoms with E-state index in [0.717, 1.165) is 19.3 Å². The molecule has 0 aromatic heterocycles. The molecule has 0 saturated heterocycles. The van der Waals surface area contributed by atoms with Crippen LogP contribution in [0.2, 0.25) is 0 Å². The third-order valence-corrected chi connectivity index (χ3v) is 2.69. The maximum atomic E-state index is 11.2. The van der Waals surface area contributed by atoms with Gasteiger partial charge in [0.25, 0.3) is 0 Å². The van der Waals surface area contributed by atoms with Gasteiger partial charge in [0.15, 0.2) is 0 Å². The molecule has 2 aliphatic carbocycles. The van der Waals surface area contributed by atoms with E-state index < -0.39 is 0 Å². The standard InChI is InChI=1S/C8H10O2/c9-6-1-2-8(3-4-8)7(10)5-6/h1-5H2. The fraction of sp³-hybridized carbons (Fsp3) is 0.750. The minimum atomic E-state index is 0.00785. The number of Topliss-reactive ketones (excluding diaryl/α,β-unsaturated/α-hetero) is 2. The summed E-state index contributed by atoms with van der Waals surface area (Å²) < 4.78 is 0. The molecule has 0 bridgehead atoms. The van der Waals surface area contributed by atoms with E-state index in [2.05, 4.69) is 0 Å². The number of hydrogen-bond donors (Lipinski definition) is 0. The summed E-state index contributed by atoms with van der Waals surface area (Å²) in [4.78, 5) is 21.9. The number of ketones is 2. The van der Waals surface area contributed by atoms with Crippen LogP contribution in [0.25, 0.3) is 0 Å². The monoisotopic (exact) mass is 138 g/mol. The molecule has 0 aromatic carbocycles. The van der Waals surface area contributed by atoms with Crippen LogP contribution in [0.5, 0.6) is 0 Å². The molecule has 0 heterocycles. The van der Waals surface area contributed by atoms with E-state index in [1.165, 1.54) is 0 Å². The van der Waals surface area contributed by atoms with Gasteiger partial charge in [-0.25, -0.2) is 0 Å². The van der Waals surface area contributed by atoms with Gasteiger partial charge in [0.2, 0.25) is 0 Å². The first-order chi connectivity index (χ1) is 4.73. The van der Waals surface area contributed by atoms with Crippen LogP contribution in [0.15, 0.2) is 0 Å². The van der Waals surface area contributed by atoms with Gasteiger partial charge in [0.05, 0.1) is 6.42 Å². The largest absolute Gasteiger partial charge is 0.299 e. The van der Waals surface area contributed by atoms with Crippen LogP contribution >= 0.6 is 0 Å². The van der Waals surface area contributed by atoms with Crippen LogP contribution in [0.1, 0.15) is 32.1 Å². The van der Waals surface area contributed by atoms with Crippen molar-refractivity contribution in [3.8, 4) is 0 Å². The van der Waals surface area contributed by atoms with Crippen LogP contribution < -0.4 is 0 Å². The Morgan fingerprint density at radius 1 is 1.10 bits per heavy atom. The van der Waals surface area contributed by atoms with E-state index in [9.17, 15) is 9.59 Å². The maximum absolute atomic E-state index is 11.2. The molecule has 0 unspecified atom stereocenters. The average molecular weight is 138 g/mol. The van der Waals surface area contributed by atoms with Crippen molar-refractivity contribution in [3.63, 3.8) is 0 Å². The minimum Gasteiger partial charge on any atom is -0.299 e. The lowest BCUT2D eigenvalue weighted by Gasteiger charge is -2.17. The summed E-state index contributed by atoms with van der Waals surface area (Å²) in [5.74, 6) is 0.353. The highest BCUT2D eigenvalue weighted by molar-refractivity contribution is 6.05. The van der Waals surface area contributed by atoms with Crippen molar-refractivity contribution in [3.05, 3.63) is 0 Å². The molecule has 10 heavy (non-hydrogen) atoms. The van der Waals surface area contributed by atoms with Gasteiger partial charge in [-0.1, -0.05) is 0 Å². The van der Waals surface area contributed by atoms with Gasteiger partial charge in [-0.05, 0) is 19.3 Å². The zero-order chi connectivity index (χ0) is 7.19. The van der Waals surface area contributed by atoms with E-state index in [1.807, 2.05) is 0 Å². The second kappa shape index (κ2) is 1.68. The second-order valence-electron chi connectivity index (χ2n) is 3.42. The van der Waals surface area contributed by atoms with Crippen molar-refractivity contribution in [1.29, 1.82) is 0 Å². The minimum absolute atomic E-state index is 0.00785. The molecule has 0 amide bonds. The lowest BCUT2D eigenvalue weighted by Crippen LogP contribution is -2.25. The summed E-state index contributed by atoms with van der Waals surface area (Å²) in [5, 5.41) is 0. The molecule has 2 rings (SSSR count). The molecular formula is C8H10O2. The van der Waals surface area contributed by atoms with E-state index >= 15 is 0 Å². The van der Waals surface area contributed by atoms with Gasteiger partial charge >= 0.3 is 0 Å². The molecule has 0 atom stereocenters. The number of carbonyl (C=O) groups excluding carboxylic acids is 2. The van der Waals surface area contributed by atoms with Crippen molar-refractivity contribution in [2.24, 2.45) is 5.41 Å². The highest BCUT2D eigenvalue weighted by Crippen LogP contribution is 2.53. The highest BCUT2D eigenvalue weighted by atomic mass is 16.2. The molecule has 2 aliphatic rings. The molecular weight excluding hydrogens is 128 g/mol. The van der Waals surface area contributed by atoms with Crippen molar-refractivity contribution in [1.82, 2.24) is 0 Å². The Hall–Kier alpha value is -0.660. The number of hydrogen-bond acceptors (Lipinski definition) is 2. The zero-order valence-corrected chi connectivity index (χ0v) is 5.85. The normalized spacial score (nSPS) is 29.2. The molecule has 0 aromatic rings. The molecule has 2 nitrogen and oxygen atoms in total. The zero-order valence-electron chi connectivity index (χ0n) is 5.85. The third kappa shape index (κ3) is 0.713. The topological polar surface area (TPSA) is 34.1 Å². The average Bonchev–Trinajstić information content (AvgIpc) is 2.62. The Balaban J connectivity index is 2.15. The molecule has 2 heteroatoms. The fourth-order valence-electron chi connectivity index (χ4n) is 1.65. The van der Waals surface area contributed by atoms with Gasteiger partial charge < -0.3 is 0 Å². The summed E-state index contributed by atoms with van der Waals surface area (Å²) >= 11 is 0. The Labute approximate surface area is 59.6 Å². The van der Waals surface area contributed by atoms with E-state index in [1.54, 1.807) is 0 Å². The van der Waals surface area contributed by atoms with E-state index in [-0.39, 0.29) is 23.4 Å². The summed E-state index contributed by atoms with van der Waals surface area (Å²) in [6.45, 7) is 0. The maximum Gasteiger partial charge on any atom is 0.146 e. The van der Waals surface area contributed by atoms with Crippen molar-refractivity contribution in [2.45, 2.75) is 32.1 Å². The Kier molecular flexibility index (Phi) is 1.02. The van der Waals surface area contributed by atoms with Gasteiger partial charge in [-0.2, -0.15) is 0 Å². The predicted molar refractivity (Wildman–Crippen MR) is 35.5 cm³/mol. The third-order valence-electron chi connectivity index (χ3n) is 2.69. The lowest BCUT2D eigenvalue weighted by atomic mass is 9.84. The van der Waals surface area contributed by atoms with Crippen LogP contribution in [0.3, 0.4) is 0 Å². The number of carbonyl (C=O) groups is 2. The lowest BCUT2D eigenvalue weighted by molar-refractivity contribution is -0.133. The Bertz CT molecular complexity index is 201. The molecule has 54 valence electrons. The van der Waals surface area contributed by atoms with Crippen molar-refractivity contribution < 1.29 is 9.59 Å². The predicted octanol–water partition coefficient (Wildman–Crippen LogP) is 1.09. The first kappa shape index (κ1) is 6.08. The van der Waals surface area contributed by atoms with E-state index in [4.69, 9.17) is 0 Å². The molecule has 2 fully saturated rings. The van der Waals surface area contributed by atoms with Gasteiger partial charge in [0.1, 0.15) is 11.6 Å². The van der Waals surface area contributed by atoms with Gasteiger partial charge in [-0.3, -0.25) is 9.59 Å². The smallest absolute Gasteiger partial charge is 0.146 e. The summed E-state index contributed by atoms with van der Waals surface area (Å²) in [6, 6.07) is 0. The first-order valence-electron chi connectivity index (χ1n) is 3.78. The van der Waals surface area contributed by atoms with Crippen LogP contribution in [0.4, 0.5) is 0 Å². The summed E-state index contributed by atoms with van der Waals surface area (Å²) in [5.41, 5.74) is 0.00785. The van der Waals surface area contributed by atoms with Gasteiger partial charge in [0, 0.05) is 11.8 Å². The van der Waals surface area contributed by atoms with Crippen LogP contribution in [-0.4, -0.2) is 11.6 Å². The van der Waals surface area contributed by atoms with Crippen molar-refractivity contribution >= 4 is 11.6 Å². The fourth-order valence-corrected chi connectivity index (χ4v) is 1.65. The summed E-state index contributed by atoms with van der Waals surface area (Å²) in [7, 11) is 0. The summed E-state index contributed by atoms with van der Waals surface area (Å²) in [6.07, 6.45) is 3.79. The first-order valence-corrected chi connectivity index (χ1v) is 3.78. The quantitative estimate of drug-likeness (QED) is 0.469. The van der Waals surface area contributed by atoms with Crippen LogP contribution in [-0.2, 0) is 9.59 Å². The Morgan fingerprint density at radius 2 is 1.80 bits per heavy atom. The molecule has 0 N–H and O–H groups in total. The Morgan fingerprint density at radius 3 is 2.30 bits per heavy atom. The molecule has 2 saturated carbocycles. The van der Waals surface area contributed by atoms with Crippen LogP contribution in [0, 0.1) is 5.41 Å². The highest BCUT2D eigenvalue weighted by Gasteiger charge is 2.51. The van der Waals surface area contributed by atoms with Gasteiger partial charge in [-0.15, -0.1) is 0 Å². The van der Waals surface area contributed by atoms with E-state index in [0.29, 0.717) is 6.42 Å². The molecule has 1 spiro atoms. The van der Waals surface area contributed by atoms with Crippen molar-refractivity contribution in [2.75, 3.05) is 0 Å². The SMILES string of the molecule is O=C1CCC2(CC2)C(=O)C1. The number of rotatable bonds is 0. The molecule has 0 aliphatic heterocycles. The molecule has 0 radical (unpaired) electrons. The second-order valence-corrected chi connectivity index (χ2v) is 3.42.